The molecular formula is C9H18N2O. The van der Waals surface area contributed by atoms with E-state index in [4.69, 9.17) is 10.5 Å². The zero-order chi connectivity index (χ0) is 8.81. The van der Waals surface area contributed by atoms with Gasteiger partial charge in [-0.1, -0.05) is 6.92 Å². The molecule has 0 aliphatic carbocycles. The second-order valence-corrected chi connectivity index (χ2v) is 3.31. The highest BCUT2D eigenvalue weighted by Crippen LogP contribution is 2.15. The molecule has 0 aromatic carbocycles. The Kier molecular flexibility index (Phi) is 4.08. The average molecular weight is 170 g/mol. The van der Waals surface area contributed by atoms with Gasteiger partial charge < -0.3 is 10.5 Å². The first-order chi connectivity index (χ1) is 5.83. The van der Waals surface area contributed by atoms with Gasteiger partial charge in [0.2, 0.25) is 0 Å². The molecule has 12 heavy (non-hydrogen) atoms. The summed E-state index contributed by atoms with van der Waals surface area (Å²) in [5.41, 5.74) is 5.73. The van der Waals surface area contributed by atoms with Gasteiger partial charge in [0.1, 0.15) is 0 Å². The first-order valence-corrected chi connectivity index (χ1v) is 4.69. The third kappa shape index (κ3) is 3.22. The van der Waals surface area contributed by atoms with Crippen LogP contribution in [-0.2, 0) is 4.74 Å². The molecule has 0 saturated carbocycles. The summed E-state index contributed by atoms with van der Waals surface area (Å²) in [5, 5.41) is 0. The SMILES string of the molecule is CCCN=C(N)CC1CCOC1. The van der Waals surface area contributed by atoms with Crippen LogP contribution in [0.4, 0.5) is 0 Å². The van der Waals surface area contributed by atoms with Gasteiger partial charge in [0.15, 0.2) is 0 Å². The van der Waals surface area contributed by atoms with E-state index in [0.717, 1.165) is 44.9 Å². The fraction of sp³-hybridized carbons (Fsp3) is 0.889. The summed E-state index contributed by atoms with van der Waals surface area (Å²) in [6.45, 7) is 4.73. The van der Waals surface area contributed by atoms with Crippen molar-refractivity contribution < 1.29 is 4.74 Å². The molecule has 1 heterocycles. The molecule has 1 fully saturated rings. The molecule has 0 aromatic heterocycles. The smallest absolute Gasteiger partial charge is 0.0940 e. The van der Waals surface area contributed by atoms with Crippen molar-refractivity contribution in [3.8, 4) is 0 Å². The molecule has 0 radical (unpaired) electrons. The van der Waals surface area contributed by atoms with Gasteiger partial charge in [0, 0.05) is 26.2 Å². The van der Waals surface area contributed by atoms with Crippen molar-refractivity contribution >= 4 is 5.84 Å². The number of amidine groups is 1. The predicted octanol–water partition coefficient (Wildman–Crippen LogP) is 1.18. The van der Waals surface area contributed by atoms with Gasteiger partial charge in [-0.05, 0) is 18.8 Å². The van der Waals surface area contributed by atoms with Crippen molar-refractivity contribution in [1.82, 2.24) is 0 Å². The van der Waals surface area contributed by atoms with E-state index in [1.807, 2.05) is 0 Å². The maximum atomic E-state index is 5.73. The molecule has 0 bridgehead atoms. The first kappa shape index (κ1) is 9.52. The summed E-state index contributed by atoms with van der Waals surface area (Å²) < 4.78 is 5.25. The normalized spacial score (nSPS) is 24.8. The van der Waals surface area contributed by atoms with E-state index >= 15 is 0 Å². The molecule has 0 spiro atoms. The summed E-state index contributed by atoms with van der Waals surface area (Å²) in [6.07, 6.45) is 3.13. The number of rotatable bonds is 4. The standard InChI is InChI=1S/C9H18N2O/c1-2-4-11-9(10)6-8-3-5-12-7-8/h8H,2-7H2,1H3,(H2,10,11). The van der Waals surface area contributed by atoms with Crippen LogP contribution in [-0.4, -0.2) is 25.6 Å². The summed E-state index contributed by atoms with van der Waals surface area (Å²) >= 11 is 0. The van der Waals surface area contributed by atoms with Crippen LogP contribution >= 0.6 is 0 Å². The fourth-order valence-electron chi connectivity index (χ4n) is 1.36. The lowest BCUT2D eigenvalue weighted by atomic mass is 10.0. The molecule has 1 aliphatic rings. The van der Waals surface area contributed by atoms with Crippen molar-refractivity contribution in [1.29, 1.82) is 0 Å². The third-order valence-electron chi connectivity index (χ3n) is 2.06. The minimum absolute atomic E-state index is 0.616. The van der Waals surface area contributed by atoms with Crippen LogP contribution in [0, 0.1) is 5.92 Å². The third-order valence-corrected chi connectivity index (χ3v) is 2.06. The summed E-state index contributed by atoms with van der Waals surface area (Å²) in [4.78, 5) is 4.24. The number of nitrogens with two attached hydrogens (primary N) is 1. The lowest BCUT2D eigenvalue weighted by molar-refractivity contribution is 0.187. The number of hydrogen-bond donors (Lipinski definition) is 1. The number of aliphatic imine (C=N–C) groups is 1. The second-order valence-electron chi connectivity index (χ2n) is 3.31. The Balaban J connectivity index is 2.19. The molecule has 2 N–H and O–H groups in total. The van der Waals surface area contributed by atoms with Crippen molar-refractivity contribution in [2.45, 2.75) is 26.2 Å². The molecule has 3 nitrogen and oxygen atoms in total. The molecule has 70 valence electrons. The lowest BCUT2D eigenvalue weighted by Crippen LogP contribution is -2.17. The van der Waals surface area contributed by atoms with Crippen molar-refractivity contribution in [3.05, 3.63) is 0 Å². The van der Waals surface area contributed by atoms with Gasteiger partial charge in [-0.25, -0.2) is 0 Å². The molecule has 1 rings (SSSR count). The quantitative estimate of drug-likeness (QED) is 0.508. The zero-order valence-electron chi connectivity index (χ0n) is 7.75. The van der Waals surface area contributed by atoms with Crippen LogP contribution in [0.15, 0.2) is 4.99 Å². The van der Waals surface area contributed by atoms with Gasteiger partial charge in [-0.15, -0.1) is 0 Å². The van der Waals surface area contributed by atoms with Gasteiger partial charge in [-0.2, -0.15) is 0 Å². The Hall–Kier alpha value is -0.570. The largest absolute Gasteiger partial charge is 0.387 e. The molecule has 3 heteroatoms. The Morgan fingerprint density at radius 2 is 2.50 bits per heavy atom. The van der Waals surface area contributed by atoms with E-state index in [1.165, 1.54) is 0 Å². The summed E-state index contributed by atoms with van der Waals surface area (Å²) in [7, 11) is 0. The van der Waals surface area contributed by atoms with Crippen LogP contribution in [0.25, 0.3) is 0 Å². The summed E-state index contributed by atoms with van der Waals surface area (Å²) in [5.74, 6) is 1.41. The Bertz CT molecular complexity index is 151. The summed E-state index contributed by atoms with van der Waals surface area (Å²) in [6, 6.07) is 0. The van der Waals surface area contributed by atoms with Crippen LogP contribution in [0.3, 0.4) is 0 Å². The number of ether oxygens (including phenoxy) is 1. The minimum atomic E-state index is 0.616. The van der Waals surface area contributed by atoms with E-state index < -0.39 is 0 Å². The first-order valence-electron chi connectivity index (χ1n) is 4.69. The highest BCUT2D eigenvalue weighted by molar-refractivity contribution is 5.80. The van der Waals surface area contributed by atoms with Crippen molar-refractivity contribution in [3.63, 3.8) is 0 Å². The maximum absolute atomic E-state index is 5.73. The highest BCUT2D eigenvalue weighted by atomic mass is 16.5. The van der Waals surface area contributed by atoms with E-state index in [1.54, 1.807) is 0 Å². The fourth-order valence-corrected chi connectivity index (χ4v) is 1.36. The van der Waals surface area contributed by atoms with Gasteiger partial charge in [0.05, 0.1) is 5.84 Å². The molecule has 1 saturated heterocycles. The van der Waals surface area contributed by atoms with Crippen molar-refractivity contribution in [2.75, 3.05) is 19.8 Å². The predicted molar refractivity (Wildman–Crippen MR) is 50.3 cm³/mol. The van der Waals surface area contributed by atoms with Gasteiger partial charge >= 0.3 is 0 Å². The second kappa shape index (κ2) is 5.14. The van der Waals surface area contributed by atoms with Crippen LogP contribution in [0.2, 0.25) is 0 Å². The number of hydrogen-bond acceptors (Lipinski definition) is 2. The molecule has 0 amide bonds. The Labute approximate surface area is 74.0 Å². The number of nitrogens with zero attached hydrogens (tertiary/aromatic N) is 1. The van der Waals surface area contributed by atoms with Gasteiger partial charge in [-0.3, -0.25) is 4.99 Å². The average Bonchev–Trinajstić information content (AvgIpc) is 2.53. The molecule has 1 unspecified atom stereocenters. The highest BCUT2D eigenvalue weighted by Gasteiger charge is 2.16. The van der Waals surface area contributed by atoms with E-state index in [0.29, 0.717) is 5.92 Å². The Morgan fingerprint density at radius 3 is 3.08 bits per heavy atom. The molecule has 0 aromatic rings. The lowest BCUT2D eigenvalue weighted by Gasteiger charge is -2.05. The van der Waals surface area contributed by atoms with Crippen molar-refractivity contribution in [2.24, 2.45) is 16.6 Å². The Morgan fingerprint density at radius 1 is 1.67 bits per heavy atom. The van der Waals surface area contributed by atoms with Crippen LogP contribution in [0.1, 0.15) is 26.2 Å². The van der Waals surface area contributed by atoms with Crippen LogP contribution < -0.4 is 5.73 Å². The topological polar surface area (TPSA) is 47.6 Å². The van der Waals surface area contributed by atoms with Gasteiger partial charge in [0.25, 0.3) is 0 Å². The van der Waals surface area contributed by atoms with E-state index in [-0.39, 0.29) is 0 Å². The zero-order valence-corrected chi connectivity index (χ0v) is 7.75. The van der Waals surface area contributed by atoms with E-state index in [2.05, 4.69) is 11.9 Å². The van der Waals surface area contributed by atoms with Crippen LogP contribution in [0.5, 0.6) is 0 Å². The van der Waals surface area contributed by atoms with E-state index in [9.17, 15) is 0 Å². The molecule has 1 atom stereocenters. The maximum Gasteiger partial charge on any atom is 0.0940 e. The minimum Gasteiger partial charge on any atom is -0.387 e. The monoisotopic (exact) mass is 170 g/mol. The molecule has 1 aliphatic heterocycles. The molecular weight excluding hydrogens is 152 g/mol.